The van der Waals surface area contributed by atoms with E-state index in [-0.39, 0.29) is 6.04 Å². The van der Waals surface area contributed by atoms with Crippen molar-refractivity contribution < 1.29 is 14.6 Å². The lowest BCUT2D eigenvalue weighted by Crippen LogP contribution is -2.43. The Morgan fingerprint density at radius 2 is 2.06 bits per heavy atom. The van der Waals surface area contributed by atoms with Crippen LogP contribution < -0.4 is 5.32 Å². The molecule has 0 saturated carbocycles. The van der Waals surface area contributed by atoms with Crippen LogP contribution >= 0.6 is 0 Å². The van der Waals surface area contributed by atoms with E-state index in [4.69, 9.17) is 4.74 Å². The number of carbonyl (C=O) groups excluding carboxylic acids is 1. The lowest BCUT2D eigenvalue weighted by Gasteiger charge is -2.23. The van der Waals surface area contributed by atoms with Crippen molar-refractivity contribution in [3.8, 4) is 11.8 Å². The van der Waals surface area contributed by atoms with Gasteiger partial charge in [-0.15, -0.1) is 11.8 Å². The summed E-state index contributed by atoms with van der Waals surface area (Å²) < 4.78 is 5.07. The molecule has 2 atom stereocenters. The van der Waals surface area contributed by atoms with E-state index in [1.54, 1.807) is 34.6 Å². The van der Waals surface area contributed by atoms with E-state index in [1.807, 2.05) is 0 Å². The van der Waals surface area contributed by atoms with E-state index in [0.717, 1.165) is 0 Å². The SMILES string of the molecule is CC#CC[C@H](O)[C@H](C)NC(=O)OC(C)(C)C. The predicted octanol–water partition coefficient (Wildman–Crippen LogP) is 1.67. The van der Waals surface area contributed by atoms with Crippen LogP contribution in [0.4, 0.5) is 4.79 Å². The van der Waals surface area contributed by atoms with E-state index in [9.17, 15) is 9.90 Å². The van der Waals surface area contributed by atoms with E-state index in [1.165, 1.54) is 0 Å². The summed E-state index contributed by atoms with van der Waals surface area (Å²) in [6.07, 6.45) is -0.864. The monoisotopic (exact) mass is 227 g/mol. The Balaban J connectivity index is 4.07. The molecule has 0 saturated heterocycles. The fourth-order valence-corrected chi connectivity index (χ4v) is 0.973. The summed E-state index contributed by atoms with van der Waals surface area (Å²) in [6, 6.07) is -0.379. The maximum atomic E-state index is 11.4. The molecule has 1 amide bonds. The second kappa shape index (κ2) is 6.39. The highest BCUT2D eigenvalue weighted by Gasteiger charge is 2.20. The van der Waals surface area contributed by atoms with Crippen LogP contribution in [0, 0.1) is 11.8 Å². The maximum absolute atomic E-state index is 11.4. The van der Waals surface area contributed by atoms with Gasteiger partial charge in [-0.1, -0.05) is 0 Å². The van der Waals surface area contributed by atoms with Gasteiger partial charge in [0.1, 0.15) is 5.60 Å². The smallest absolute Gasteiger partial charge is 0.407 e. The Hall–Kier alpha value is -1.21. The Morgan fingerprint density at radius 1 is 1.50 bits per heavy atom. The van der Waals surface area contributed by atoms with Gasteiger partial charge >= 0.3 is 6.09 Å². The molecule has 0 aliphatic heterocycles. The molecular weight excluding hydrogens is 206 g/mol. The molecule has 0 heterocycles. The average molecular weight is 227 g/mol. The van der Waals surface area contributed by atoms with Crippen molar-refractivity contribution in [2.75, 3.05) is 0 Å². The molecule has 0 bridgehead atoms. The lowest BCUT2D eigenvalue weighted by molar-refractivity contribution is 0.0440. The highest BCUT2D eigenvalue weighted by atomic mass is 16.6. The van der Waals surface area contributed by atoms with Gasteiger partial charge in [0, 0.05) is 6.42 Å². The number of nitrogens with one attached hydrogen (secondary N) is 1. The quantitative estimate of drug-likeness (QED) is 0.721. The molecule has 0 fully saturated rings. The van der Waals surface area contributed by atoms with Crippen molar-refractivity contribution in [2.24, 2.45) is 0 Å². The molecule has 92 valence electrons. The summed E-state index contributed by atoms with van der Waals surface area (Å²) in [5, 5.41) is 12.2. The zero-order valence-corrected chi connectivity index (χ0v) is 10.6. The largest absolute Gasteiger partial charge is 0.444 e. The van der Waals surface area contributed by atoms with Crippen LogP contribution in [0.5, 0.6) is 0 Å². The minimum Gasteiger partial charge on any atom is -0.444 e. The second-order valence-electron chi connectivity index (χ2n) is 4.63. The van der Waals surface area contributed by atoms with Crippen molar-refractivity contribution >= 4 is 6.09 Å². The summed E-state index contributed by atoms with van der Waals surface area (Å²) in [4.78, 5) is 11.4. The van der Waals surface area contributed by atoms with Crippen molar-refractivity contribution in [2.45, 2.75) is 58.8 Å². The van der Waals surface area contributed by atoms with Gasteiger partial charge in [-0.25, -0.2) is 4.79 Å². The molecule has 0 aromatic carbocycles. The van der Waals surface area contributed by atoms with Gasteiger partial charge in [-0.3, -0.25) is 0 Å². The maximum Gasteiger partial charge on any atom is 0.407 e. The molecule has 0 aliphatic rings. The molecule has 0 aromatic rings. The number of aliphatic hydroxyl groups is 1. The van der Waals surface area contributed by atoms with Crippen molar-refractivity contribution in [1.82, 2.24) is 5.32 Å². The van der Waals surface area contributed by atoms with Crippen molar-refractivity contribution in [3.05, 3.63) is 0 Å². The molecule has 0 unspecified atom stereocenters. The molecule has 16 heavy (non-hydrogen) atoms. The van der Waals surface area contributed by atoms with E-state index in [2.05, 4.69) is 17.2 Å². The zero-order chi connectivity index (χ0) is 12.8. The van der Waals surface area contributed by atoms with Crippen molar-refractivity contribution in [3.63, 3.8) is 0 Å². The molecule has 0 radical (unpaired) electrons. The molecule has 0 spiro atoms. The van der Waals surface area contributed by atoms with Crippen LogP contribution in [0.15, 0.2) is 0 Å². The normalized spacial score (nSPS) is 14.4. The molecule has 2 N–H and O–H groups in total. The lowest BCUT2D eigenvalue weighted by atomic mass is 10.1. The predicted molar refractivity (Wildman–Crippen MR) is 62.9 cm³/mol. The number of hydrogen-bond acceptors (Lipinski definition) is 3. The number of aliphatic hydroxyl groups excluding tert-OH is 1. The van der Waals surface area contributed by atoms with Crippen LogP contribution in [-0.2, 0) is 4.74 Å². The zero-order valence-electron chi connectivity index (χ0n) is 10.6. The van der Waals surface area contributed by atoms with Crippen LogP contribution in [0.3, 0.4) is 0 Å². The van der Waals surface area contributed by atoms with Crippen LogP contribution in [-0.4, -0.2) is 28.9 Å². The first-order valence-corrected chi connectivity index (χ1v) is 5.33. The third-order valence-electron chi connectivity index (χ3n) is 1.81. The summed E-state index contributed by atoms with van der Waals surface area (Å²) >= 11 is 0. The summed E-state index contributed by atoms with van der Waals surface area (Å²) in [6.45, 7) is 8.79. The third-order valence-corrected chi connectivity index (χ3v) is 1.81. The molecule has 4 heteroatoms. The fourth-order valence-electron chi connectivity index (χ4n) is 0.973. The van der Waals surface area contributed by atoms with Crippen LogP contribution in [0.1, 0.15) is 41.0 Å². The minimum atomic E-state index is -0.681. The first-order chi connectivity index (χ1) is 7.26. The first kappa shape index (κ1) is 14.8. The van der Waals surface area contributed by atoms with Crippen molar-refractivity contribution in [1.29, 1.82) is 0 Å². The molecule has 0 aliphatic carbocycles. The number of hydrogen-bond donors (Lipinski definition) is 2. The van der Waals surface area contributed by atoms with E-state index in [0.29, 0.717) is 6.42 Å². The molecule has 4 nitrogen and oxygen atoms in total. The summed E-state index contributed by atoms with van der Waals surface area (Å²) in [7, 11) is 0. The number of alkyl carbamates (subject to hydrolysis) is 1. The Labute approximate surface area is 97.4 Å². The fraction of sp³-hybridized carbons (Fsp3) is 0.750. The summed E-state index contributed by atoms with van der Waals surface area (Å²) in [5.74, 6) is 5.45. The Bertz CT molecular complexity index is 283. The number of carbonyl (C=O) groups is 1. The van der Waals surface area contributed by atoms with Crippen LogP contribution in [0.2, 0.25) is 0 Å². The highest BCUT2D eigenvalue weighted by molar-refractivity contribution is 5.68. The van der Waals surface area contributed by atoms with Gasteiger partial charge in [-0.05, 0) is 34.6 Å². The van der Waals surface area contributed by atoms with Gasteiger partial charge in [0.2, 0.25) is 0 Å². The molecule has 0 aromatic heterocycles. The van der Waals surface area contributed by atoms with E-state index < -0.39 is 17.8 Å². The molecular formula is C12H21NO3. The van der Waals surface area contributed by atoms with Gasteiger partial charge in [0.15, 0.2) is 0 Å². The number of amides is 1. The second-order valence-corrected chi connectivity index (χ2v) is 4.63. The van der Waals surface area contributed by atoms with Gasteiger partial charge in [0.05, 0.1) is 12.1 Å². The first-order valence-electron chi connectivity index (χ1n) is 5.33. The number of rotatable bonds is 3. The minimum absolute atomic E-state index is 0.341. The van der Waals surface area contributed by atoms with Gasteiger partial charge in [0.25, 0.3) is 0 Å². The molecule has 0 rings (SSSR count). The van der Waals surface area contributed by atoms with Gasteiger partial charge in [-0.2, -0.15) is 0 Å². The highest BCUT2D eigenvalue weighted by Crippen LogP contribution is 2.07. The van der Waals surface area contributed by atoms with E-state index >= 15 is 0 Å². The third kappa shape index (κ3) is 7.13. The summed E-state index contributed by atoms with van der Waals surface area (Å²) in [5.41, 5.74) is -0.530. The van der Waals surface area contributed by atoms with Gasteiger partial charge < -0.3 is 15.2 Å². The Kier molecular flexibility index (Phi) is 5.91. The standard InChI is InChI=1S/C12H21NO3/c1-6-7-8-10(14)9(2)13-11(15)16-12(3,4)5/h9-10,14H,8H2,1-5H3,(H,13,15)/t9-,10-/m0/s1. The topological polar surface area (TPSA) is 58.6 Å². The van der Waals surface area contributed by atoms with Crippen LogP contribution in [0.25, 0.3) is 0 Å². The Morgan fingerprint density at radius 3 is 2.50 bits per heavy atom. The average Bonchev–Trinajstić information content (AvgIpc) is 2.10. The number of ether oxygens (including phenoxy) is 1.